The minimum absolute atomic E-state index is 0.0333. The summed E-state index contributed by atoms with van der Waals surface area (Å²) in [5, 5.41) is 2.87. The van der Waals surface area contributed by atoms with Gasteiger partial charge in [0.2, 0.25) is 5.91 Å². The van der Waals surface area contributed by atoms with Crippen LogP contribution in [0.4, 0.5) is 5.69 Å². The number of carbonyl (C=O) groups is 2. The first-order chi connectivity index (χ1) is 13.9. The number of anilines is 1. The molecule has 0 fully saturated rings. The maximum atomic E-state index is 12.6. The molecule has 0 aromatic heterocycles. The monoisotopic (exact) mass is 388 g/mol. The van der Waals surface area contributed by atoms with E-state index >= 15 is 0 Å². The molecular formula is C24H24N2O3. The molecule has 0 atom stereocenters. The first-order valence-electron chi connectivity index (χ1n) is 9.38. The topological polar surface area (TPSA) is 58.6 Å². The van der Waals surface area contributed by atoms with Crippen LogP contribution in [-0.2, 0) is 4.79 Å². The van der Waals surface area contributed by atoms with E-state index in [0.717, 1.165) is 22.6 Å². The molecule has 1 N–H and O–H groups in total. The Bertz CT molecular complexity index is 998. The van der Waals surface area contributed by atoms with E-state index in [-0.39, 0.29) is 18.4 Å². The van der Waals surface area contributed by atoms with Gasteiger partial charge in [0.25, 0.3) is 5.91 Å². The highest BCUT2D eigenvalue weighted by molar-refractivity contribution is 5.99. The highest BCUT2D eigenvalue weighted by Gasteiger charge is 2.16. The molecule has 0 aliphatic rings. The molecule has 0 aliphatic carbocycles. The number of benzene rings is 3. The van der Waals surface area contributed by atoms with Crippen molar-refractivity contribution < 1.29 is 14.3 Å². The molecule has 0 bridgehead atoms. The number of hydrogen-bond acceptors (Lipinski definition) is 3. The molecule has 148 valence electrons. The van der Waals surface area contributed by atoms with Crippen LogP contribution in [0.25, 0.3) is 0 Å². The van der Waals surface area contributed by atoms with Crippen LogP contribution >= 0.6 is 0 Å². The number of para-hydroxylation sites is 1. The summed E-state index contributed by atoms with van der Waals surface area (Å²) in [7, 11) is 1.61. The number of carbonyl (C=O) groups excluding carboxylic acids is 2. The minimum Gasteiger partial charge on any atom is -0.457 e. The number of ether oxygens (including phenoxy) is 1. The standard InChI is InChI=1S/C24H24N2O3/c1-17-9-10-18(2)22(15-17)25-23(27)16-26(3)24(28)19-11-13-21(14-12-19)29-20-7-5-4-6-8-20/h4-15H,16H2,1-3H3,(H,25,27). The zero-order chi connectivity index (χ0) is 20.8. The SMILES string of the molecule is Cc1ccc(C)c(NC(=O)CN(C)C(=O)c2ccc(Oc3ccccc3)cc2)c1. The molecule has 0 aliphatic heterocycles. The molecule has 3 aromatic rings. The van der Waals surface area contributed by atoms with Crippen LogP contribution in [0.5, 0.6) is 11.5 Å². The van der Waals surface area contributed by atoms with E-state index in [2.05, 4.69) is 5.32 Å². The lowest BCUT2D eigenvalue weighted by Crippen LogP contribution is -2.35. The van der Waals surface area contributed by atoms with Gasteiger partial charge in [-0.25, -0.2) is 0 Å². The third-order valence-corrected chi connectivity index (χ3v) is 4.47. The summed E-state index contributed by atoms with van der Waals surface area (Å²) in [5.41, 5.74) is 3.30. The van der Waals surface area contributed by atoms with Crippen molar-refractivity contribution in [3.8, 4) is 11.5 Å². The number of rotatable bonds is 6. The molecule has 0 unspecified atom stereocenters. The van der Waals surface area contributed by atoms with E-state index in [4.69, 9.17) is 4.74 Å². The summed E-state index contributed by atoms with van der Waals surface area (Å²) >= 11 is 0. The van der Waals surface area contributed by atoms with E-state index in [1.54, 1.807) is 31.3 Å². The van der Waals surface area contributed by atoms with Crippen LogP contribution in [0.3, 0.4) is 0 Å². The fourth-order valence-electron chi connectivity index (χ4n) is 2.86. The molecule has 3 rings (SSSR count). The van der Waals surface area contributed by atoms with Crippen LogP contribution < -0.4 is 10.1 Å². The lowest BCUT2D eigenvalue weighted by molar-refractivity contribution is -0.116. The molecule has 0 heterocycles. The largest absolute Gasteiger partial charge is 0.457 e. The number of amides is 2. The Labute approximate surface area is 170 Å². The van der Waals surface area contributed by atoms with Gasteiger partial charge in [0, 0.05) is 18.3 Å². The Morgan fingerprint density at radius 1 is 0.897 bits per heavy atom. The van der Waals surface area contributed by atoms with Gasteiger partial charge >= 0.3 is 0 Å². The van der Waals surface area contributed by atoms with E-state index in [1.165, 1.54) is 4.90 Å². The fraction of sp³-hybridized carbons (Fsp3) is 0.167. The summed E-state index contributed by atoms with van der Waals surface area (Å²) in [6.45, 7) is 3.87. The van der Waals surface area contributed by atoms with Crippen LogP contribution in [0, 0.1) is 13.8 Å². The molecule has 2 amide bonds. The van der Waals surface area contributed by atoms with Crippen molar-refractivity contribution in [2.45, 2.75) is 13.8 Å². The molecule has 3 aromatic carbocycles. The summed E-state index contributed by atoms with van der Waals surface area (Å²) < 4.78 is 5.74. The van der Waals surface area contributed by atoms with Gasteiger partial charge in [-0.2, -0.15) is 0 Å². The minimum atomic E-state index is -0.237. The van der Waals surface area contributed by atoms with Crippen molar-refractivity contribution in [1.82, 2.24) is 4.90 Å². The lowest BCUT2D eigenvalue weighted by Gasteiger charge is -2.18. The Hall–Kier alpha value is -3.60. The molecule has 5 nitrogen and oxygen atoms in total. The van der Waals surface area contributed by atoms with Gasteiger partial charge in [0.15, 0.2) is 0 Å². The Morgan fingerprint density at radius 3 is 2.24 bits per heavy atom. The molecule has 0 radical (unpaired) electrons. The maximum absolute atomic E-state index is 12.6. The zero-order valence-electron chi connectivity index (χ0n) is 16.8. The molecule has 0 saturated carbocycles. The number of nitrogens with one attached hydrogen (secondary N) is 1. The average Bonchev–Trinajstić information content (AvgIpc) is 2.71. The summed E-state index contributed by atoms with van der Waals surface area (Å²) in [6, 6.07) is 22.2. The van der Waals surface area contributed by atoms with Crippen LogP contribution in [0.2, 0.25) is 0 Å². The summed E-state index contributed by atoms with van der Waals surface area (Å²) in [5.74, 6) is 0.904. The van der Waals surface area contributed by atoms with Crippen molar-refractivity contribution >= 4 is 17.5 Å². The van der Waals surface area contributed by atoms with Crippen molar-refractivity contribution in [2.24, 2.45) is 0 Å². The zero-order valence-corrected chi connectivity index (χ0v) is 16.8. The van der Waals surface area contributed by atoms with Gasteiger partial charge < -0.3 is 15.0 Å². The van der Waals surface area contributed by atoms with E-state index in [1.807, 2.05) is 62.4 Å². The Kier molecular flexibility index (Phi) is 6.29. The van der Waals surface area contributed by atoms with Gasteiger partial charge in [-0.05, 0) is 67.4 Å². The molecule has 0 saturated heterocycles. The van der Waals surface area contributed by atoms with Gasteiger partial charge in [-0.3, -0.25) is 9.59 Å². The molecule has 29 heavy (non-hydrogen) atoms. The third-order valence-electron chi connectivity index (χ3n) is 4.47. The van der Waals surface area contributed by atoms with Gasteiger partial charge in [-0.1, -0.05) is 30.3 Å². The predicted molar refractivity (Wildman–Crippen MR) is 114 cm³/mol. The van der Waals surface area contributed by atoms with Crippen molar-refractivity contribution in [3.05, 3.63) is 89.5 Å². The average molecular weight is 388 g/mol. The Morgan fingerprint density at radius 2 is 1.55 bits per heavy atom. The molecule has 0 spiro atoms. The van der Waals surface area contributed by atoms with Gasteiger partial charge in [-0.15, -0.1) is 0 Å². The second-order valence-corrected chi connectivity index (χ2v) is 6.97. The highest BCUT2D eigenvalue weighted by Crippen LogP contribution is 2.21. The second-order valence-electron chi connectivity index (χ2n) is 6.97. The van der Waals surface area contributed by atoms with Gasteiger partial charge in [0.1, 0.15) is 11.5 Å². The lowest BCUT2D eigenvalue weighted by atomic mass is 10.1. The van der Waals surface area contributed by atoms with E-state index in [0.29, 0.717) is 11.3 Å². The van der Waals surface area contributed by atoms with Crippen LogP contribution in [0.15, 0.2) is 72.8 Å². The van der Waals surface area contributed by atoms with E-state index in [9.17, 15) is 9.59 Å². The fourth-order valence-corrected chi connectivity index (χ4v) is 2.86. The third kappa shape index (κ3) is 5.45. The van der Waals surface area contributed by atoms with Gasteiger partial charge in [0.05, 0.1) is 6.54 Å². The quantitative estimate of drug-likeness (QED) is 0.659. The molecule has 5 heteroatoms. The summed E-state index contributed by atoms with van der Waals surface area (Å²) in [4.78, 5) is 26.4. The van der Waals surface area contributed by atoms with Crippen molar-refractivity contribution in [3.63, 3.8) is 0 Å². The first kappa shape index (κ1) is 20.1. The van der Waals surface area contributed by atoms with E-state index < -0.39 is 0 Å². The summed E-state index contributed by atoms with van der Waals surface area (Å²) in [6.07, 6.45) is 0. The predicted octanol–water partition coefficient (Wildman–Crippen LogP) is 4.81. The van der Waals surface area contributed by atoms with Crippen molar-refractivity contribution in [1.29, 1.82) is 0 Å². The van der Waals surface area contributed by atoms with Crippen LogP contribution in [-0.4, -0.2) is 30.3 Å². The number of likely N-dealkylation sites (N-methyl/N-ethyl adjacent to an activating group) is 1. The maximum Gasteiger partial charge on any atom is 0.254 e. The second kappa shape index (κ2) is 9.06. The smallest absolute Gasteiger partial charge is 0.254 e. The number of aryl methyl sites for hydroxylation is 2. The Balaban J connectivity index is 1.59. The van der Waals surface area contributed by atoms with Crippen LogP contribution in [0.1, 0.15) is 21.5 Å². The number of hydrogen-bond donors (Lipinski definition) is 1. The number of nitrogens with zero attached hydrogens (tertiary/aromatic N) is 1. The highest BCUT2D eigenvalue weighted by atomic mass is 16.5. The molecular weight excluding hydrogens is 364 g/mol. The van der Waals surface area contributed by atoms with Crippen molar-refractivity contribution in [2.75, 3.05) is 18.9 Å². The normalized spacial score (nSPS) is 10.3. The first-order valence-corrected chi connectivity index (χ1v) is 9.38.